The van der Waals surface area contributed by atoms with Crippen LogP contribution in [0.1, 0.15) is 18.1 Å². The zero-order valence-corrected chi connectivity index (χ0v) is 17.1. The van der Waals surface area contributed by atoms with Gasteiger partial charge in [0.2, 0.25) is 18.4 Å². The molecule has 29 heavy (non-hydrogen) atoms. The van der Waals surface area contributed by atoms with E-state index in [1.165, 1.54) is 6.08 Å². The van der Waals surface area contributed by atoms with Gasteiger partial charge in [0.15, 0.2) is 23.0 Å². The summed E-state index contributed by atoms with van der Waals surface area (Å²) >= 11 is 0. The van der Waals surface area contributed by atoms with Crippen LogP contribution in [0.4, 0.5) is 0 Å². The maximum absolute atomic E-state index is 12.7. The SMILES string of the molecule is CCN(Cc1ccc2c(c1)OCO2)C(=O)/C=C/c1cc(OC)c(OC)c(OC)c1. The van der Waals surface area contributed by atoms with E-state index in [4.69, 9.17) is 23.7 Å². The van der Waals surface area contributed by atoms with Crippen molar-refractivity contribution in [3.63, 3.8) is 0 Å². The van der Waals surface area contributed by atoms with E-state index in [0.29, 0.717) is 36.1 Å². The second-order valence-electron chi connectivity index (χ2n) is 6.33. The summed E-state index contributed by atoms with van der Waals surface area (Å²) in [7, 11) is 4.66. The highest BCUT2D eigenvalue weighted by Gasteiger charge is 2.16. The Bertz CT molecular complexity index is 883. The monoisotopic (exact) mass is 399 g/mol. The lowest BCUT2D eigenvalue weighted by atomic mass is 10.1. The van der Waals surface area contributed by atoms with E-state index in [-0.39, 0.29) is 12.7 Å². The van der Waals surface area contributed by atoms with Gasteiger partial charge >= 0.3 is 0 Å². The smallest absolute Gasteiger partial charge is 0.246 e. The molecular formula is C22H25NO6. The Labute approximate surface area is 170 Å². The van der Waals surface area contributed by atoms with Crippen LogP contribution in [0.15, 0.2) is 36.4 Å². The van der Waals surface area contributed by atoms with Gasteiger partial charge in [0.1, 0.15) is 0 Å². The number of hydrogen-bond donors (Lipinski definition) is 0. The van der Waals surface area contributed by atoms with Crippen LogP contribution >= 0.6 is 0 Å². The van der Waals surface area contributed by atoms with E-state index in [1.54, 1.807) is 44.4 Å². The molecule has 3 rings (SSSR count). The molecule has 0 aliphatic carbocycles. The lowest BCUT2D eigenvalue weighted by molar-refractivity contribution is -0.126. The van der Waals surface area contributed by atoms with Crippen LogP contribution in [-0.2, 0) is 11.3 Å². The maximum Gasteiger partial charge on any atom is 0.246 e. The molecule has 0 bridgehead atoms. The van der Waals surface area contributed by atoms with Crippen molar-refractivity contribution in [1.29, 1.82) is 0 Å². The lowest BCUT2D eigenvalue weighted by Crippen LogP contribution is -2.28. The van der Waals surface area contributed by atoms with E-state index < -0.39 is 0 Å². The fourth-order valence-corrected chi connectivity index (χ4v) is 3.08. The fourth-order valence-electron chi connectivity index (χ4n) is 3.08. The second-order valence-corrected chi connectivity index (χ2v) is 6.33. The standard InChI is InChI=1S/C22H25NO6/c1-5-23(13-16-6-8-17-18(12-16)29-14-28-17)21(24)9-7-15-10-19(25-2)22(27-4)20(11-15)26-3/h6-12H,5,13-14H2,1-4H3/b9-7+. The third-order valence-electron chi connectivity index (χ3n) is 4.61. The average Bonchev–Trinajstić information content (AvgIpc) is 3.22. The average molecular weight is 399 g/mol. The van der Waals surface area contributed by atoms with Gasteiger partial charge in [-0.3, -0.25) is 4.79 Å². The quantitative estimate of drug-likeness (QED) is 0.633. The Hall–Kier alpha value is -3.35. The van der Waals surface area contributed by atoms with Crippen LogP contribution in [0, 0.1) is 0 Å². The van der Waals surface area contributed by atoms with Crippen molar-refractivity contribution in [3.05, 3.63) is 47.5 Å². The molecule has 0 aromatic heterocycles. The first-order valence-corrected chi connectivity index (χ1v) is 9.25. The predicted molar refractivity (Wildman–Crippen MR) is 109 cm³/mol. The van der Waals surface area contributed by atoms with E-state index >= 15 is 0 Å². The minimum Gasteiger partial charge on any atom is -0.493 e. The van der Waals surface area contributed by atoms with Crippen molar-refractivity contribution in [2.45, 2.75) is 13.5 Å². The summed E-state index contributed by atoms with van der Waals surface area (Å²) in [5.74, 6) is 2.91. The number of ether oxygens (including phenoxy) is 5. The Morgan fingerprint density at radius 2 is 1.72 bits per heavy atom. The van der Waals surface area contributed by atoms with Crippen LogP contribution in [0.25, 0.3) is 6.08 Å². The molecule has 0 radical (unpaired) electrons. The maximum atomic E-state index is 12.7. The molecule has 2 aromatic carbocycles. The highest BCUT2D eigenvalue weighted by atomic mass is 16.7. The number of fused-ring (bicyclic) bond motifs is 1. The van der Waals surface area contributed by atoms with Crippen molar-refractivity contribution in [3.8, 4) is 28.7 Å². The number of nitrogens with zero attached hydrogens (tertiary/aromatic N) is 1. The Morgan fingerprint density at radius 3 is 2.34 bits per heavy atom. The zero-order chi connectivity index (χ0) is 20.8. The van der Waals surface area contributed by atoms with Gasteiger partial charge in [-0.2, -0.15) is 0 Å². The number of amides is 1. The molecule has 1 aliphatic heterocycles. The number of likely N-dealkylation sites (N-methyl/N-ethyl adjacent to an activating group) is 1. The van der Waals surface area contributed by atoms with Gasteiger partial charge < -0.3 is 28.6 Å². The van der Waals surface area contributed by atoms with Crippen molar-refractivity contribution in [2.24, 2.45) is 0 Å². The topological polar surface area (TPSA) is 66.5 Å². The van der Waals surface area contributed by atoms with Gasteiger partial charge in [0.05, 0.1) is 21.3 Å². The first-order chi connectivity index (χ1) is 14.1. The molecule has 0 saturated heterocycles. The van der Waals surface area contributed by atoms with Gasteiger partial charge in [-0.05, 0) is 48.4 Å². The molecular weight excluding hydrogens is 374 g/mol. The highest BCUT2D eigenvalue weighted by molar-refractivity contribution is 5.92. The number of carbonyl (C=O) groups is 1. The van der Waals surface area contributed by atoms with E-state index in [2.05, 4.69) is 0 Å². The second kappa shape index (κ2) is 9.23. The number of methoxy groups -OCH3 is 3. The number of carbonyl (C=O) groups excluding carboxylic acids is 1. The number of rotatable bonds is 8. The molecule has 0 spiro atoms. The van der Waals surface area contributed by atoms with E-state index in [9.17, 15) is 4.79 Å². The van der Waals surface area contributed by atoms with Crippen molar-refractivity contribution >= 4 is 12.0 Å². The van der Waals surface area contributed by atoms with Crippen molar-refractivity contribution < 1.29 is 28.5 Å². The minimum absolute atomic E-state index is 0.0982. The molecule has 1 heterocycles. The molecule has 1 amide bonds. The molecule has 0 fully saturated rings. The molecule has 0 saturated carbocycles. The molecule has 0 atom stereocenters. The van der Waals surface area contributed by atoms with Crippen LogP contribution in [0.3, 0.4) is 0 Å². The van der Waals surface area contributed by atoms with Crippen LogP contribution in [0.2, 0.25) is 0 Å². The Kier molecular flexibility index (Phi) is 6.49. The van der Waals surface area contributed by atoms with Gasteiger partial charge in [-0.15, -0.1) is 0 Å². The molecule has 7 heteroatoms. The number of hydrogen-bond acceptors (Lipinski definition) is 6. The zero-order valence-electron chi connectivity index (χ0n) is 17.1. The van der Waals surface area contributed by atoms with Crippen LogP contribution < -0.4 is 23.7 Å². The first-order valence-electron chi connectivity index (χ1n) is 9.25. The summed E-state index contributed by atoms with van der Waals surface area (Å²) < 4.78 is 26.8. The molecule has 2 aromatic rings. The van der Waals surface area contributed by atoms with Gasteiger partial charge in [0.25, 0.3) is 0 Å². The normalized spacial score (nSPS) is 12.1. The summed E-state index contributed by atoms with van der Waals surface area (Å²) in [6.45, 7) is 3.23. The van der Waals surface area contributed by atoms with Crippen molar-refractivity contribution in [2.75, 3.05) is 34.7 Å². The van der Waals surface area contributed by atoms with Crippen LogP contribution in [-0.4, -0.2) is 45.5 Å². The Morgan fingerprint density at radius 1 is 1.03 bits per heavy atom. The molecule has 1 aliphatic rings. The summed E-state index contributed by atoms with van der Waals surface area (Å²) in [5.41, 5.74) is 1.75. The Balaban J connectivity index is 1.74. The van der Waals surface area contributed by atoms with Gasteiger partial charge in [-0.25, -0.2) is 0 Å². The largest absolute Gasteiger partial charge is 0.493 e. The van der Waals surface area contributed by atoms with E-state index in [1.807, 2.05) is 25.1 Å². The summed E-state index contributed by atoms with van der Waals surface area (Å²) in [6, 6.07) is 9.29. The van der Waals surface area contributed by atoms with Gasteiger partial charge in [-0.1, -0.05) is 6.07 Å². The summed E-state index contributed by atoms with van der Waals surface area (Å²) in [4.78, 5) is 14.5. The van der Waals surface area contributed by atoms with Gasteiger partial charge in [0, 0.05) is 19.2 Å². The third kappa shape index (κ3) is 4.56. The first kappa shape index (κ1) is 20.4. The van der Waals surface area contributed by atoms with Crippen molar-refractivity contribution in [1.82, 2.24) is 4.90 Å². The molecule has 0 N–H and O–H groups in total. The van der Waals surface area contributed by atoms with Crippen LogP contribution in [0.5, 0.6) is 28.7 Å². The fraction of sp³-hybridized carbons (Fsp3) is 0.318. The molecule has 154 valence electrons. The summed E-state index contributed by atoms with van der Waals surface area (Å²) in [5, 5.41) is 0. The number of benzene rings is 2. The minimum atomic E-state index is -0.0982. The lowest BCUT2D eigenvalue weighted by Gasteiger charge is -2.19. The molecule has 7 nitrogen and oxygen atoms in total. The molecule has 0 unspecified atom stereocenters. The van der Waals surface area contributed by atoms with E-state index in [0.717, 1.165) is 16.9 Å². The predicted octanol–water partition coefficient (Wildman–Crippen LogP) is 3.50. The third-order valence-corrected chi connectivity index (χ3v) is 4.61. The summed E-state index contributed by atoms with van der Waals surface area (Å²) in [6.07, 6.45) is 3.27. The highest BCUT2D eigenvalue weighted by Crippen LogP contribution is 2.38.